The normalized spacial score (nSPS) is 15.1. The monoisotopic (exact) mass is 590 g/mol. The second-order valence-corrected chi connectivity index (χ2v) is 9.91. The number of nitrogens with zero attached hydrogens (tertiary/aromatic N) is 3. The zero-order valence-electron chi connectivity index (χ0n) is 22.1. The van der Waals surface area contributed by atoms with Crippen LogP contribution in [0.25, 0.3) is 10.9 Å². The zero-order valence-corrected chi connectivity index (χ0v) is 22.1. The smallest absolute Gasteiger partial charge is 0.458 e. The van der Waals surface area contributed by atoms with Crippen molar-refractivity contribution in [3.8, 4) is 5.75 Å². The fraction of sp³-hybridized carbons (Fsp3) is 0.321. The topological polar surface area (TPSA) is 115 Å². The maximum absolute atomic E-state index is 14.4. The van der Waals surface area contributed by atoms with Crippen LogP contribution >= 0.6 is 0 Å². The largest absolute Gasteiger partial charge is 0.490 e. The lowest BCUT2D eigenvalue weighted by Crippen LogP contribution is -2.36. The Morgan fingerprint density at radius 1 is 1.07 bits per heavy atom. The van der Waals surface area contributed by atoms with Gasteiger partial charge in [-0.05, 0) is 68.4 Å². The highest BCUT2D eigenvalue weighted by atomic mass is 19.4. The number of carbonyl (C=O) groups excluding carboxylic acids is 1. The number of rotatable bonds is 10. The lowest BCUT2D eigenvalue weighted by atomic mass is 10.1. The molecule has 9 nitrogen and oxygen atoms in total. The van der Waals surface area contributed by atoms with Crippen molar-refractivity contribution in [2.45, 2.75) is 31.0 Å². The summed E-state index contributed by atoms with van der Waals surface area (Å²) < 4.78 is 73.8. The second kappa shape index (κ2) is 11.9. The Bertz CT molecular complexity index is 1550. The number of hydrogen-bond acceptors (Lipinski definition) is 7. The zero-order chi connectivity index (χ0) is 29.9. The molecule has 1 saturated heterocycles. The number of aliphatic hydroxyl groups excluding tert-OH is 1. The number of aromatic nitrogens is 3. The number of pyridine rings is 1. The second-order valence-electron chi connectivity index (χ2n) is 9.91. The number of fused-ring (bicyclic) bond motifs is 1. The van der Waals surface area contributed by atoms with Gasteiger partial charge < -0.3 is 25.4 Å². The van der Waals surface area contributed by atoms with E-state index in [0.717, 1.165) is 49.0 Å². The lowest BCUT2D eigenvalue weighted by molar-refractivity contribution is -0.289. The van der Waals surface area contributed by atoms with Gasteiger partial charge in [0.2, 0.25) is 0 Å². The number of halogens is 5. The van der Waals surface area contributed by atoms with Gasteiger partial charge in [-0.25, -0.2) is 4.98 Å². The summed E-state index contributed by atoms with van der Waals surface area (Å²) in [4.78, 5) is 19.3. The summed E-state index contributed by atoms with van der Waals surface area (Å²) in [5.41, 5.74) is -0.105. The number of β-amino-alcohol motifs (C(OH)–C–C–N with tert-alkyl or cyclic N) is 1. The van der Waals surface area contributed by atoms with Crippen LogP contribution < -0.4 is 15.4 Å². The number of anilines is 3. The third-order valence-corrected chi connectivity index (χ3v) is 6.79. The Hall–Kier alpha value is -4.30. The molecule has 4 aromatic rings. The van der Waals surface area contributed by atoms with Crippen molar-refractivity contribution < 1.29 is 36.6 Å². The van der Waals surface area contributed by atoms with E-state index < -0.39 is 42.0 Å². The molecule has 1 aliphatic rings. The minimum absolute atomic E-state index is 0.0791. The van der Waals surface area contributed by atoms with Gasteiger partial charge in [-0.1, -0.05) is 0 Å². The molecule has 1 atom stereocenters. The number of hydrogen-bond donors (Lipinski definition) is 4. The van der Waals surface area contributed by atoms with Crippen molar-refractivity contribution in [2.24, 2.45) is 0 Å². The maximum atomic E-state index is 14.4. The number of aliphatic hydroxyl groups is 1. The summed E-state index contributed by atoms with van der Waals surface area (Å²) >= 11 is 0. The van der Waals surface area contributed by atoms with Crippen molar-refractivity contribution >= 4 is 34.0 Å². The highest BCUT2D eigenvalue weighted by Crippen LogP contribution is 2.47. The Kier molecular flexibility index (Phi) is 8.27. The van der Waals surface area contributed by atoms with Crippen molar-refractivity contribution in [2.75, 3.05) is 36.9 Å². The number of ether oxygens (including phenoxy) is 1. The highest BCUT2D eigenvalue weighted by Gasteiger charge is 2.60. The van der Waals surface area contributed by atoms with Gasteiger partial charge in [-0.2, -0.15) is 27.1 Å². The Balaban J connectivity index is 1.36. The van der Waals surface area contributed by atoms with Crippen LogP contribution in [0.4, 0.5) is 39.1 Å². The highest BCUT2D eigenvalue weighted by molar-refractivity contribution is 6.08. The molecule has 42 heavy (non-hydrogen) atoms. The van der Waals surface area contributed by atoms with Crippen LogP contribution in [0.3, 0.4) is 0 Å². The number of H-pyrrole nitrogens is 1. The molecule has 2 aromatic carbocycles. The fourth-order valence-electron chi connectivity index (χ4n) is 4.67. The molecular weight excluding hydrogens is 563 g/mol. The number of amides is 1. The summed E-state index contributed by atoms with van der Waals surface area (Å²) in [6.45, 7) is 1.16. The minimum Gasteiger partial charge on any atom is -0.490 e. The number of alkyl halides is 5. The van der Waals surface area contributed by atoms with Crippen molar-refractivity contribution in [1.29, 1.82) is 0 Å². The van der Waals surface area contributed by atoms with E-state index in [1.54, 1.807) is 18.3 Å². The molecule has 0 radical (unpaired) electrons. The molecule has 0 saturated carbocycles. The molecule has 4 N–H and O–H groups in total. The van der Waals surface area contributed by atoms with Crippen LogP contribution in [-0.4, -0.2) is 69.6 Å². The molecule has 1 fully saturated rings. The molecule has 1 aliphatic heterocycles. The van der Waals surface area contributed by atoms with Gasteiger partial charge in [-0.15, -0.1) is 0 Å². The number of benzene rings is 2. The predicted octanol–water partition coefficient (Wildman–Crippen LogP) is 5.44. The van der Waals surface area contributed by atoms with Gasteiger partial charge in [0.25, 0.3) is 5.91 Å². The molecule has 14 heteroatoms. The predicted molar refractivity (Wildman–Crippen MR) is 145 cm³/mol. The molecule has 0 aliphatic carbocycles. The third kappa shape index (κ3) is 6.44. The quantitative estimate of drug-likeness (QED) is 0.182. The molecule has 2 aromatic heterocycles. The van der Waals surface area contributed by atoms with Crippen LogP contribution in [0.15, 0.2) is 60.9 Å². The first kappa shape index (κ1) is 29.2. The van der Waals surface area contributed by atoms with E-state index in [-0.39, 0.29) is 23.6 Å². The van der Waals surface area contributed by atoms with E-state index >= 15 is 0 Å². The molecule has 222 valence electrons. The van der Waals surface area contributed by atoms with Gasteiger partial charge in [0.1, 0.15) is 24.3 Å². The average Bonchev–Trinajstić information content (AvgIpc) is 3.63. The Labute approximate surface area is 236 Å². The average molecular weight is 591 g/mol. The number of likely N-dealkylation sites (tertiary alicyclic amines) is 1. The maximum Gasteiger partial charge on any atom is 0.458 e. The van der Waals surface area contributed by atoms with Crippen LogP contribution in [0.1, 0.15) is 28.8 Å². The Morgan fingerprint density at radius 2 is 1.83 bits per heavy atom. The van der Waals surface area contributed by atoms with E-state index in [2.05, 4.69) is 25.8 Å². The molecule has 5 rings (SSSR count). The summed E-state index contributed by atoms with van der Waals surface area (Å²) in [5.74, 6) is -6.58. The molecule has 0 bridgehead atoms. The minimum atomic E-state index is -5.89. The van der Waals surface area contributed by atoms with Gasteiger partial charge in [0.05, 0.1) is 22.8 Å². The van der Waals surface area contributed by atoms with Gasteiger partial charge in [0, 0.05) is 35.6 Å². The number of carbonyl (C=O) groups is 1. The van der Waals surface area contributed by atoms with Crippen LogP contribution in [0.5, 0.6) is 5.75 Å². The van der Waals surface area contributed by atoms with Crippen LogP contribution in [0, 0.1) is 0 Å². The van der Waals surface area contributed by atoms with E-state index in [0.29, 0.717) is 11.8 Å². The molecule has 1 amide bonds. The van der Waals surface area contributed by atoms with Crippen molar-refractivity contribution in [1.82, 2.24) is 20.1 Å². The van der Waals surface area contributed by atoms with E-state index in [4.69, 9.17) is 4.74 Å². The van der Waals surface area contributed by atoms with Crippen molar-refractivity contribution in [3.05, 3.63) is 72.1 Å². The third-order valence-electron chi connectivity index (χ3n) is 6.79. The van der Waals surface area contributed by atoms with Gasteiger partial charge in [-0.3, -0.25) is 9.89 Å². The van der Waals surface area contributed by atoms with E-state index in [1.807, 2.05) is 11.0 Å². The summed E-state index contributed by atoms with van der Waals surface area (Å²) in [6, 6.07) is 10.7. The Morgan fingerprint density at radius 3 is 2.60 bits per heavy atom. The molecule has 1 unspecified atom stereocenters. The van der Waals surface area contributed by atoms with Crippen LogP contribution in [-0.2, 0) is 5.92 Å². The number of nitrogens with one attached hydrogen (secondary N) is 3. The standard InChI is InChI=1S/C28H27F5N6O3/c29-27(30,28(31,32)33)22-8-7-19(13-24(22)42-16-20(40)15-39-10-1-2-11-39)37-26(41)21-4-3-9-34-25(21)36-18-6-5-17-14-35-38-23(17)12-18/h3-9,12-14,20,40H,1-2,10-11,15-16H2,(H,34,36)(H,35,38)(H,37,41). The fourth-order valence-corrected chi connectivity index (χ4v) is 4.67. The number of aromatic amines is 1. The lowest BCUT2D eigenvalue weighted by Gasteiger charge is -2.24. The molecule has 0 spiro atoms. The SMILES string of the molecule is O=C(Nc1ccc(C(F)(F)C(F)(F)F)c(OCC(O)CN2CCCC2)c1)c1cccnc1Nc1ccc2cn[nH]c2c1. The first-order valence-corrected chi connectivity index (χ1v) is 13.1. The summed E-state index contributed by atoms with van der Waals surface area (Å²) in [7, 11) is 0. The van der Waals surface area contributed by atoms with Crippen LogP contribution in [0.2, 0.25) is 0 Å². The van der Waals surface area contributed by atoms with Crippen molar-refractivity contribution in [3.63, 3.8) is 0 Å². The summed E-state index contributed by atoms with van der Waals surface area (Å²) in [6.07, 6.45) is -2.00. The van der Waals surface area contributed by atoms with Gasteiger partial charge >= 0.3 is 12.1 Å². The molecular formula is C28H27F5N6O3. The summed E-state index contributed by atoms with van der Waals surface area (Å²) in [5, 5.41) is 23.5. The van der Waals surface area contributed by atoms with Gasteiger partial charge in [0.15, 0.2) is 0 Å². The first-order valence-electron chi connectivity index (χ1n) is 13.1. The molecule has 3 heterocycles. The van der Waals surface area contributed by atoms with E-state index in [1.165, 1.54) is 18.3 Å². The first-order chi connectivity index (χ1) is 20.0. The van der Waals surface area contributed by atoms with E-state index in [9.17, 15) is 31.9 Å².